The summed E-state index contributed by atoms with van der Waals surface area (Å²) in [6, 6.07) is 8.04. The molecule has 3 rings (SSSR count). The first-order valence-electron chi connectivity index (χ1n) is 7.67. The van der Waals surface area contributed by atoms with Gasteiger partial charge in [0, 0.05) is 31.5 Å². The molecule has 1 saturated heterocycles. The summed E-state index contributed by atoms with van der Waals surface area (Å²) in [5, 5.41) is 3.05. The molecule has 3 N–H and O–H groups in total. The number of amides is 1. The number of anilines is 1. The van der Waals surface area contributed by atoms with Crippen molar-refractivity contribution in [3.05, 3.63) is 24.3 Å². The second kappa shape index (κ2) is 6.25. The number of nitrogens with two attached hydrogens (primary N) is 1. The molecule has 1 unspecified atom stereocenters. The topological polar surface area (TPSA) is 80.0 Å². The highest BCUT2D eigenvalue weighted by atomic mass is 16.5. The van der Waals surface area contributed by atoms with E-state index in [-0.39, 0.29) is 11.8 Å². The van der Waals surface area contributed by atoms with Crippen molar-refractivity contribution in [2.75, 3.05) is 25.5 Å². The molecule has 1 aliphatic carbocycles. The Kier molecular flexibility index (Phi) is 4.18. The van der Waals surface area contributed by atoms with Crippen LogP contribution in [-0.2, 0) is 4.79 Å². The molecule has 0 bridgehead atoms. The van der Waals surface area contributed by atoms with Crippen molar-refractivity contribution in [2.45, 2.75) is 25.3 Å². The fraction of sp³-hybridized carbons (Fsp3) is 0.500. The molecule has 1 heterocycles. The molecule has 6 heteroatoms. The summed E-state index contributed by atoms with van der Waals surface area (Å²) in [7, 11) is 1.62. The van der Waals surface area contributed by atoms with Gasteiger partial charge in [-0.2, -0.15) is 0 Å². The number of hydrogen-bond acceptors (Lipinski definition) is 3. The predicted molar refractivity (Wildman–Crippen MR) is 85.9 cm³/mol. The third kappa shape index (κ3) is 3.32. The number of benzene rings is 1. The quantitative estimate of drug-likeness (QED) is 0.637. The van der Waals surface area contributed by atoms with Crippen molar-refractivity contribution >= 4 is 17.6 Å². The molecule has 0 radical (unpaired) electrons. The van der Waals surface area contributed by atoms with Gasteiger partial charge in [0.15, 0.2) is 5.96 Å². The Morgan fingerprint density at radius 2 is 2.23 bits per heavy atom. The lowest BCUT2D eigenvalue weighted by Crippen LogP contribution is -2.28. The third-order valence-electron chi connectivity index (χ3n) is 4.12. The Balaban J connectivity index is 1.55. The van der Waals surface area contributed by atoms with Gasteiger partial charge in [-0.3, -0.25) is 9.79 Å². The zero-order chi connectivity index (χ0) is 15.5. The Morgan fingerprint density at radius 3 is 2.95 bits per heavy atom. The lowest BCUT2D eigenvalue weighted by Gasteiger charge is -2.15. The molecule has 118 valence electrons. The summed E-state index contributed by atoms with van der Waals surface area (Å²) < 4.78 is 5.26. The van der Waals surface area contributed by atoms with Gasteiger partial charge >= 0.3 is 0 Å². The van der Waals surface area contributed by atoms with Crippen LogP contribution in [0, 0.1) is 5.92 Å². The second-order valence-corrected chi connectivity index (χ2v) is 5.90. The van der Waals surface area contributed by atoms with E-state index >= 15 is 0 Å². The molecule has 1 atom stereocenters. The van der Waals surface area contributed by atoms with Crippen molar-refractivity contribution in [3.8, 4) is 5.75 Å². The van der Waals surface area contributed by atoms with Gasteiger partial charge in [0.2, 0.25) is 5.91 Å². The molecule has 2 fully saturated rings. The fourth-order valence-corrected chi connectivity index (χ4v) is 2.82. The van der Waals surface area contributed by atoms with Crippen LogP contribution in [0.25, 0.3) is 0 Å². The van der Waals surface area contributed by atoms with Gasteiger partial charge in [-0.15, -0.1) is 0 Å². The van der Waals surface area contributed by atoms with Crippen LogP contribution in [0.5, 0.6) is 5.75 Å². The summed E-state index contributed by atoms with van der Waals surface area (Å²) in [6.07, 6.45) is 2.89. The maximum Gasteiger partial charge on any atom is 0.223 e. The smallest absolute Gasteiger partial charge is 0.223 e. The second-order valence-electron chi connectivity index (χ2n) is 5.90. The Morgan fingerprint density at radius 1 is 1.45 bits per heavy atom. The number of guanidine groups is 1. The Hall–Kier alpha value is -2.24. The van der Waals surface area contributed by atoms with E-state index in [1.54, 1.807) is 7.11 Å². The van der Waals surface area contributed by atoms with Crippen LogP contribution >= 0.6 is 0 Å². The average Bonchev–Trinajstić information content (AvgIpc) is 3.29. The van der Waals surface area contributed by atoms with Gasteiger partial charge in [-0.1, -0.05) is 12.1 Å². The van der Waals surface area contributed by atoms with Crippen molar-refractivity contribution < 1.29 is 9.53 Å². The molecular weight excluding hydrogens is 280 g/mol. The van der Waals surface area contributed by atoms with E-state index in [2.05, 4.69) is 10.3 Å². The lowest BCUT2D eigenvalue weighted by molar-refractivity contribution is -0.128. The van der Waals surface area contributed by atoms with Crippen LogP contribution in [0.15, 0.2) is 29.3 Å². The monoisotopic (exact) mass is 302 g/mol. The number of likely N-dealkylation sites (tertiary alicyclic amines) is 1. The summed E-state index contributed by atoms with van der Waals surface area (Å²) >= 11 is 0. The van der Waals surface area contributed by atoms with Gasteiger partial charge in [0.25, 0.3) is 0 Å². The van der Waals surface area contributed by atoms with Gasteiger partial charge < -0.3 is 20.7 Å². The zero-order valence-electron chi connectivity index (χ0n) is 12.8. The van der Waals surface area contributed by atoms with Crippen molar-refractivity contribution in [1.82, 2.24) is 4.90 Å². The first-order chi connectivity index (χ1) is 10.7. The number of hydrogen-bond donors (Lipinski definition) is 2. The first kappa shape index (κ1) is 14.7. The maximum absolute atomic E-state index is 11.9. The fourth-order valence-electron chi connectivity index (χ4n) is 2.82. The molecular formula is C16H22N4O2. The van der Waals surface area contributed by atoms with E-state index in [0.29, 0.717) is 25.0 Å². The molecule has 22 heavy (non-hydrogen) atoms. The lowest BCUT2D eigenvalue weighted by atomic mass is 10.1. The molecule has 1 aromatic rings. The zero-order valence-corrected chi connectivity index (χ0v) is 12.8. The molecule has 0 aromatic heterocycles. The first-order valence-corrected chi connectivity index (χ1v) is 7.67. The van der Waals surface area contributed by atoms with Crippen molar-refractivity contribution in [2.24, 2.45) is 16.6 Å². The van der Waals surface area contributed by atoms with E-state index < -0.39 is 0 Å². The summed E-state index contributed by atoms with van der Waals surface area (Å²) in [5.41, 5.74) is 6.72. The summed E-state index contributed by atoms with van der Waals surface area (Å²) in [6.45, 7) is 1.39. The van der Waals surface area contributed by atoms with Crippen LogP contribution in [0.2, 0.25) is 0 Å². The number of carbonyl (C=O) groups is 1. The standard InChI is InChI=1S/C16H22N4O2/c1-22-14-5-3-2-4-13(14)19-16(17)18-9-11-8-15(21)20(10-11)12-6-7-12/h2-5,11-12H,6-10H2,1H3,(H3,17,18,19). The van der Waals surface area contributed by atoms with Crippen molar-refractivity contribution in [3.63, 3.8) is 0 Å². The van der Waals surface area contributed by atoms with Gasteiger partial charge in [-0.25, -0.2) is 0 Å². The van der Waals surface area contributed by atoms with E-state index in [0.717, 1.165) is 30.8 Å². The van der Waals surface area contributed by atoms with E-state index in [1.165, 1.54) is 0 Å². The molecule has 0 spiro atoms. The number of aliphatic imine (C=N–C) groups is 1. The number of methoxy groups -OCH3 is 1. The Labute approximate surface area is 130 Å². The van der Waals surface area contributed by atoms with Crippen LogP contribution in [0.4, 0.5) is 5.69 Å². The third-order valence-corrected chi connectivity index (χ3v) is 4.12. The summed E-state index contributed by atoms with van der Waals surface area (Å²) in [4.78, 5) is 18.3. The van der Waals surface area contributed by atoms with E-state index in [4.69, 9.17) is 10.5 Å². The predicted octanol–water partition coefficient (Wildman–Crippen LogP) is 1.43. The highest BCUT2D eigenvalue weighted by Crippen LogP contribution is 2.32. The number of rotatable bonds is 5. The van der Waals surface area contributed by atoms with Crippen LogP contribution in [-0.4, -0.2) is 43.0 Å². The van der Waals surface area contributed by atoms with Gasteiger partial charge in [-0.05, 0) is 25.0 Å². The average molecular weight is 302 g/mol. The molecule has 2 aliphatic rings. The molecule has 1 aliphatic heterocycles. The highest BCUT2D eigenvalue weighted by molar-refractivity contribution is 5.93. The Bertz CT molecular complexity index is 583. The minimum Gasteiger partial charge on any atom is -0.495 e. The maximum atomic E-state index is 11.9. The largest absolute Gasteiger partial charge is 0.495 e. The van der Waals surface area contributed by atoms with Crippen molar-refractivity contribution in [1.29, 1.82) is 0 Å². The van der Waals surface area contributed by atoms with Gasteiger partial charge in [0.05, 0.1) is 12.8 Å². The van der Waals surface area contributed by atoms with Crippen LogP contribution < -0.4 is 15.8 Å². The van der Waals surface area contributed by atoms with Crippen LogP contribution in [0.3, 0.4) is 0 Å². The molecule has 1 saturated carbocycles. The highest BCUT2D eigenvalue weighted by Gasteiger charge is 2.39. The summed E-state index contributed by atoms with van der Waals surface area (Å²) in [5.74, 6) is 1.60. The molecule has 1 amide bonds. The number of carbonyl (C=O) groups excluding carboxylic acids is 1. The molecule has 1 aromatic carbocycles. The minimum absolute atomic E-state index is 0.263. The normalized spacial score (nSPS) is 22.0. The molecule has 6 nitrogen and oxygen atoms in total. The number of nitrogens with one attached hydrogen (secondary N) is 1. The van der Waals surface area contributed by atoms with Gasteiger partial charge in [0.1, 0.15) is 5.75 Å². The minimum atomic E-state index is 0.263. The van der Waals surface area contributed by atoms with Crippen LogP contribution in [0.1, 0.15) is 19.3 Å². The SMILES string of the molecule is COc1ccccc1NC(N)=NCC1CC(=O)N(C2CC2)C1. The van der Waals surface area contributed by atoms with E-state index in [9.17, 15) is 4.79 Å². The number of nitrogens with zero attached hydrogens (tertiary/aromatic N) is 2. The van der Waals surface area contributed by atoms with E-state index in [1.807, 2.05) is 29.2 Å². The number of ether oxygens (including phenoxy) is 1. The number of para-hydroxylation sites is 2.